The molecule has 0 unspecified atom stereocenters. The first-order valence-electron chi connectivity index (χ1n) is 8.09. The third kappa shape index (κ3) is 4.49. The topological polar surface area (TPSA) is 111 Å². The second kappa shape index (κ2) is 8.13. The number of ether oxygens (including phenoxy) is 2. The molecule has 0 saturated carbocycles. The minimum atomic E-state index is -3.75. The lowest BCUT2D eigenvalue weighted by Crippen LogP contribution is -2.41. The van der Waals surface area contributed by atoms with Crippen LogP contribution in [0.5, 0.6) is 5.75 Å². The van der Waals surface area contributed by atoms with Gasteiger partial charge in [0.05, 0.1) is 26.4 Å². The minimum absolute atomic E-state index is 0.00724. The number of carbonyl (C=O) groups is 1. The number of nitrogens with one attached hydrogen (secondary N) is 1. The number of nitrogens with two attached hydrogens (primary N) is 1. The Hall–Kier alpha value is -1.68. The summed E-state index contributed by atoms with van der Waals surface area (Å²) < 4.78 is 37.5. The number of sulfonamides is 1. The van der Waals surface area contributed by atoms with Crippen molar-refractivity contribution in [3.8, 4) is 5.75 Å². The maximum Gasteiger partial charge on any atom is 0.246 e. The number of nitrogens with zero attached hydrogens (tertiary/aromatic N) is 1. The van der Waals surface area contributed by atoms with Crippen molar-refractivity contribution in [2.24, 2.45) is 11.7 Å². The highest BCUT2D eigenvalue weighted by Crippen LogP contribution is 2.30. The molecule has 0 bridgehead atoms. The van der Waals surface area contributed by atoms with E-state index in [1.54, 1.807) is 6.07 Å². The van der Waals surface area contributed by atoms with E-state index in [0.29, 0.717) is 18.9 Å². The van der Waals surface area contributed by atoms with Gasteiger partial charge in [-0.05, 0) is 24.1 Å². The number of anilines is 1. The van der Waals surface area contributed by atoms with Crippen molar-refractivity contribution in [2.45, 2.75) is 24.8 Å². The van der Waals surface area contributed by atoms with E-state index < -0.39 is 16.1 Å². The van der Waals surface area contributed by atoms with Gasteiger partial charge in [-0.25, -0.2) is 8.42 Å². The summed E-state index contributed by atoms with van der Waals surface area (Å²) in [6.07, 6.45) is 0. The van der Waals surface area contributed by atoms with Gasteiger partial charge in [-0.2, -0.15) is 4.31 Å². The Balaban J connectivity index is 2.32. The summed E-state index contributed by atoms with van der Waals surface area (Å²) in [5.74, 6) is -0.178. The Bertz CT molecular complexity index is 714. The summed E-state index contributed by atoms with van der Waals surface area (Å²) in [4.78, 5) is 12.1. The molecular weight excluding hydrogens is 346 g/mol. The molecule has 1 aromatic carbocycles. The van der Waals surface area contributed by atoms with E-state index in [1.807, 2.05) is 13.8 Å². The van der Waals surface area contributed by atoms with Crippen LogP contribution in [-0.4, -0.2) is 58.1 Å². The maximum atomic E-state index is 12.9. The third-order valence-electron chi connectivity index (χ3n) is 4.04. The van der Waals surface area contributed by atoms with Gasteiger partial charge < -0.3 is 20.5 Å². The van der Waals surface area contributed by atoms with Crippen LogP contribution >= 0.6 is 0 Å². The SMILES string of the molecule is COc1ccc(NC(=O)[C@@H](N)C(C)C)cc1S(=O)(=O)N1CCOCC1. The van der Waals surface area contributed by atoms with E-state index in [-0.39, 0.29) is 35.6 Å². The zero-order valence-corrected chi connectivity index (χ0v) is 15.5. The van der Waals surface area contributed by atoms with Crippen LogP contribution in [0.25, 0.3) is 0 Å². The molecule has 1 saturated heterocycles. The summed E-state index contributed by atoms with van der Waals surface area (Å²) in [7, 11) is -2.35. The van der Waals surface area contributed by atoms with Gasteiger partial charge >= 0.3 is 0 Å². The zero-order chi connectivity index (χ0) is 18.6. The van der Waals surface area contributed by atoms with Gasteiger partial charge in [0.1, 0.15) is 10.6 Å². The second-order valence-electron chi connectivity index (χ2n) is 6.14. The summed E-state index contributed by atoms with van der Waals surface area (Å²) in [5.41, 5.74) is 6.18. The predicted octanol–water partition coefficient (Wildman–Crippen LogP) is 0.638. The number of methoxy groups -OCH3 is 1. The minimum Gasteiger partial charge on any atom is -0.495 e. The molecular formula is C16H25N3O5S. The number of morpholine rings is 1. The van der Waals surface area contributed by atoms with Crippen LogP contribution in [0.15, 0.2) is 23.1 Å². The molecule has 1 aliphatic rings. The molecule has 1 atom stereocenters. The molecule has 1 fully saturated rings. The number of carbonyl (C=O) groups excluding carboxylic acids is 1. The summed E-state index contributed by atoms with van der Waals surface area (Å²) in [6.45, 7) is 4.93. The largest absolute Gasteiger partial charge is 0.495 e. The van der Waals surface area contributed by atoms with Crippen molar-refractivity contribution in [3.05, 3.63) is 18.2 Å². The van der Waals surface area contributed by atoms with E-state index in [4.69, 9.17) is 15.2 Å². The number of rotatable bonds is 6. The quantitative estimate of drug-likeness (QED) is 0.759. The Labute approximate surface area is 148 Å². The fourth-order valence-electron chi connectivity index (χ4n) is 2.41. The number of hydrogen-bond donors (Lipinski definition) is 2. The molecule has 1 amide bonds. The lowest BCUT2D eigenvalue weighted by atomic mass is 10.0. The molecule has 0 radical (unpaired) electrons. The molecule has 1 aromatic rings. The number of hydrogen-bond acceptors (Lipinski definition) is 6. The molecule has 0 aliphatic carbocycles. The average Bonchev–Trinajstić information content (AvgIpc) is 2.61. The maximum absolute atomic E-state index is 12.9. The Morgan fingerprint density at radius 3 is 2.52 bits per heavy atom. The van der Waals surface area contributed by atoms with Gasteiger partial charge in [-0.1, -0.05) is 13.8 Å². The van der Waals surface area contributed by atoms with Gasteiger partial charge in [0.25, 0.3) is 0 Å². The smallest absolute Gasteiger partial charge is 0.246 e. The van der Waals surface area contributed by atoms with Crippen molar-refractivity contribution in [3.63, 3.8) is 0 Å². The van der Waals surface area contributed by atoms with Gasteiger partial charge in [-0.3, -0.25) is 4.79 Å². The van der Waals surface area contributed by atoms with Crippen molar-refractivity contribution < 1.29 is 22.7 Å². The highest BCUT2D eigenvalue weighted by atomic mass is 32.2. The van der Waals surface area contributed by atoms with E-state index in [0.717, 1.165) is 0 Å². The molecule has 25 heavy (non-hydrogen) atoms. The van der Waals surface area contributed by atoms with Gasteiger partial charge in [0.2, 0.25) is 15.9 Å². The lowest BCUT2D eigenvalue weighted by Gasteiger charge is -2.27. The molecule has 0 spiro atoms. The molecule has 2 rings (SSSR count). The van der Waals surface area contributed by atoms with Crippen LogP contribution < -0.4 is 15.8 Å². The van der Waals surface area contributed by atoms with Gasteiger partial charge in [0, 0.05) is 18.8 Å². The molecule has 8 nitrogen and oxygen atoms in total. The third-order valence-corrected chi connectivity index (χ3v) is 5.96. The standard InChI is InChI=1S/C16H25N3O5S/c1-11(2)15(17)16(20)18-12-4-5-13(23-3)14(10-12)25(21,22)19-6-8-24-9-7-19/h4-5,10-11,15H,6-9,17H2,1-3H3,(H,18,20)/t15-/m0/s1. The molecule has 1 aliphatic heterocycles. The Kier molecular flexibility index (Phi) is 6.39. The van der Waals surface area contributed by atoms with Crippen LogP contribution in [-0.2, 0) is 19.6 Å². The average molecular weight is 371 g/mol. The van der Waals surface area contributed by atoms with Crippen molar-refractivity contribution in [1.82, 2.24) is 4.31 Å². The zero-order valence-electron chi connectivity index (χ0n) is 14.7. The van der Waals surface area contributed by atoms with E-state index in [1.165, 1.54) is 23.5 Å². The first-order valence-corrected chi connectivity index (χ1v) is 9.53. The highest BCUT2D eigenvalue weighted by Gasteiger charge is 2.30. The predicted molar refractivity (Wildman–Crippen MR) is 94.0 cm³/mol. The molecule has 140 valence electrons. The van der Waals surface area contributed by atoms with E-state index >= 15 is 0 Å². The molecule has 1 heterocycles. The Morgan fingerprint density at radius 2 is 1.96 bits per heavy atom. The van der Waals surface area contributed by atoms with Crippen LogP contribution in [0.3, 0.4) is 0 Å². The summed E-state index contributed by atoms with van der Waals surface area (Å²) >= 11 is 0. The van der Waals surface area contributed by atoms with Crippen LogP contribution in [0.4, 0.5) is 5.69 Å². The van der Waals surface area contributed by atoms with Gasteiger partial charge in [0.15, 0.2) is 0 Å². The summed E-state index contributed by atoms with van der Waals surface area (Å²) in [6, 6.07) is 3.82. The monoisotopic (exact) mass is 371 g/mol. The first-order chi connectivity index (χ1) is 11.8. The normalized spacial score (nSPS) is 17.3. The second-order valence-corrected chi connectivity index (χ2v) is 8.05. The molecule has 9 heteroatoms. The van der Waals surface area contributed by atoms with Gasteiger partial charge in [-0.15, -0.1) is 0 Å². The van der Waals surface area contributed by atoms with Crippen LogP contribution in [0.1, 0.15) is 13.8 Å². The first kappa shape index (κ1) is 19.6. The highest BCUT2D eigenvalue weighted by molar-refractivity contribution is 7.89. The fraction of sp³-hybridized carbons (Fsp3) is 0.562. The molecule has 0 aromatic heterocycles. The lowest BCUT2D eigenvalue weighted by molar-refractivity contribution is -0.118. The van der Waals surface area contributed by atoms with Crippen LogP contribution in [0, 0.1) is 5.92 Å². The van der Waals surface area contributed by atoms with Crippen molar-refractivity contribution in [1.29, 1.82) is 0 Å². The molecule has 3 N–H and O–H groups in total. The van der Waals surface area contributed by atoms with Crippen molar-refractivity contribution >= 4 is 21.6 Å². The Morgan fingerprint density at radius 1 is 1.32 bits per heavy atom. The number of benzene rings is 1. The van der Waals surface area contributed by atoms with Crippen LogP contribution in [0.2, 0.25) is 0 Å². The number of amides is 1. The van der Waals surface area contributed by atoms with Crippen molar-refractivity contribution in [2.75, 3.05) is 38.7 Å². The summed E-state index contributed by atoms with van der Waals surface area (Å²) in [5, 5.41) is 2.66. The fourth-order valence-corrected chi connectivity index (χ4v) is 4.00. The van der Waals surface area contributed by atoms with E-state index in [2.05, 4.69) is 5.32 Å². The van der Waals surface area contributed by atoms with E-state index in [9.17, 15) is 13.2 Å².